The van der Waals surface area contributed by atoms with E-state index in [1.165, 1.54) is 33.3 Å². The highest BCUT2D eigenvalue weighted by Crippen LogP contribution is 2.46. The molecule has 0 spiro atoms. The lowest BCUT2D eigenvalue weighted by molar-refractivity contribution is -0.273. The van der Waals surface area contributed by atoms with Crippen LogP contribution >= 0.6 is 0 Å². The Bertz CT molecular complexity index is 1630. The second-order valence-corrected chi connectivity index (χ2v) is 8.50. The number of aliphatic hydroxyl groups excluding tert-OH is 2. The van der Waals surface area contributed by atoms with Crippen molar-refractivity contribution in [1.29, 1.82) is 0 Å². The minimum Gasteiger partial charge on any atom is -0.502 e. The number of phenolic OH excluding ortho intramolecular Hbond substituents is 1. The van der Waals surface area contributed by atoms with Crippen LogP contribution < -0.4 is 25.5 Å². The Morgan fingerprint density at radius 3 is 2.08 bits per heavy atom. The normalized spacial score (nSPS) is 24.0. The van der Waals surface area contributed by atoms with Crippen LogP contribution in [-0.2, 0) is 14.3 Å². The maximum Gasteiger partial charge on any atom is 0.344 e. The van der Waals surface area contributed by atoms with Gasteiger partial charge in [-0.3, -0.25) is 4.79 Å². The van der Waals surface area contributed by atoms with Crippen LogP contribution in [0, 0.1) is 0 Å². The Morgan fingerprint density at radius 2 is 1.49 bits per heavy atom. The quantitative estimate of drug-likeness (QED) is 0.193. The van der Waals surface area contributed by atoms with E-state index in [1.807, 2.05) is 0 Å². The molecular weight excluding hydrogens is 496 g/mol. The SMILES string of the molecule is COc1cc2c(=O)oc3c(O[C@@H]4O[C@@H](C)[C@H](O)[C@@H](O)[C@H]4OC(C)=O)c(OC)cc4c(=O)oc(c1O)c2c34. The molecule has 196 valence electrons. The van der Waals surface area contributed by atoms with Crippen molar-refractivity contribution in [2.24, 2.45) is 0 Å². The van der Waals surface area contributed by atoms with Gasteiger partial charge in [0.2, 0.25) is 17.8 Å². The molecule has 5 rings (SSSR count). The van der Waals surface area contributed by atoms with Crippen molar-refractivity contribution in [1.82, 2.24) is 0 Å². The molecule has 1 saturated heterocycles. The maximum atomic E-state index is 13.0. The van der Waals surface area contributed by atoms with E-state index < -0.39 is 53.7 Å². The summed E-state index contributed by atoms with van der Waals surface area (Å²) in [6, 6.07) is 2.52. The van der Waals surface area contributed by atoms with Crippen LogP contribution in [0.2, 0.25) is 0 Å². The summed E-state index contributed by atoms with van der Waals surface area (Å²) in [5, 5.41) is 31.4. The molecular formula is C24H22O13. The van der Waals surface area contributed by atoms with Gasteiger partial charge in [0.05, 0.1) is 31.1 Å². The first-order valence-corrected chi connectivity index (χ1v) is 11.1. The monoisotopic (exact) mass is 518 g/mol. The van der Waals surface area contributed by atoms with E-state index in [4.69, 9.17) is 32.5 Å². The molecule has 0 saturated carbocycles. The molecule has 37 heavy (non-hydrogen) atoms. The largest absolute Gasteiger partial charge is 0.502 e. The zero-order valence-electron chi connectivity index (χ0n) is 20.0. The predicted octanol–water partition coefficient (Wildman–Crippen LogP) is 0.990. The minimum absolute atomic E-state index is 0.0408. The Balaban J connectivity index is 1.80. The predicted molar refractivity (Wildman–Crippen MR) is 125 cm³/mol. The Labute approximate surface area is 206 Å². The molecule has 0 aliphatic carbocycles. The highest BCUT2D eigenvalue weighted by molar-refractivity contribution is 6.22. The number of phenols is 1. The molecule has 4 aromatic rings. The van der Waals surface area contributed by atoms with Gasteiger partial charge in [0.1, 0.15) is 12.2 Å². The van der Waals surface area contributed by atoms with Crippen LogP contribution in [0.5, 0.6) is 23.0 Å². The Morgan fingerprint density at radius 1 is 0.919 bits per heavy atom. The van der Waals surface area contributed by atoms with Crippen molar-refractivity contribution in [3.8, 4) is 23.0 Å². The lowest BCUT2D eigenvalue weighted by atomic mass is 9.99. The number of ether oxygens (including phenoxy) is 5. The number of carbonyl (C=O) groups is 1. The average Bonchev–Trinajstić information content (AvgIpc) is 2.86. The van der Waals surface area contributed by atoms with E-state index in [-0.39, 0.29) is 50.0 Å². The van der Waals surface area contributed by atoms with Gasteiger partial charge in [-0.15, -0.1) is 0 Å². The highest BCUT2D eigenvalue weighted by Gasteiger charge is 2.47. The fourth-order valence-corrected chi connectivity index (χ4v) is 4.50. The smallest absolute Gasteiger partial charge is 0.344 e. The molecule has 1 fully saturated rings. The molecule has 13 nitrogen and oxygen atoms in total. The molecule has 3 heterocycles. The summed E-state index contributed by atoms with van der Waals surface area (Å²) in [5.74, 6) is -1.71. The van der Waals surface area contributed by atoms with Gasteiger partial charge in [-0.1, -0.05) is 0 Å². The summed E-state index contributed by atoms with van der Waals surface area (Å²) in [6.45, 7) is 2.57. The van der Waals surface area contributed by atoms with Gasteiger partial charge < -0.3 is 47.8 Å². The van der Waals surface area contributed by atoms with Crippen molar-refractivity contribution < 1.29 is 52.6 Å². The van der Waals surface area contributed by atoms with Gasteiger partial charge in [0, 0.05) is 17.7 Å². The average molecular weight is 518 g/mol. The summed E-state index contributed by atoms with van der Waals surface area (Å²) >= 11 is 0. The highest BCUT2D eigenvalue weighted by atomic mass is 16.7. The van der Waals surface area contributed by atoms with Crippen LogP contribution in [0.15, 0.2) is 30.6 Å². The summed E-state index contributed by atoms with van der Waals surface area (Å²) in [7, 11) is 2.53. The van der Waals surface area contributed by atoms with Crippen LogP contribution in [0.1, 0.15) is 13.8 Å². The van der Waals surface area contributed by atoms with Crippen molar-refractivity contribution in [3.63, 3.8) is 0 Å². The number of methoxy groups -OCH3 is 2. The number of rotatable bonds is 5. The second kappa shape index (κ2) is 8.80. The number of hydrogen-bond acceptors (Lipinski definition) is 13. The first-order chi connectivity index (χ1) is 17.6. The molecule has 1 aliphatic heterocycles. The van der Waals surface area contributed by atoms with Crippen molar-refractivity contribution >= 4 is 38.7 Å². The summed E-state index contributed by atoms with van der Waals surface area (Å²) < 4.78 is 38.1. The molecule has 0 unspecified atom stereocenters. The zero-order chi connectivity index (χ0) is 26.8. The molecule has 5 atom stereocenters. The Hall–Kier alpha value is -4.07. The third-order valence-corrected chi connectivity index (χ3v) is 6.26. The maximum absolute atomic E-state index is 13.0. The van der Waals surface area contributed by atoms with Crippen molar-refractivity contribution in [2.45, 2.75) is 44.6 Å². The van der Waals surface area contributed by atoms with E-state index in [9.17, 15) is 29.7 Å². The molecule has 13 heteroatoms. The number of carbonyl (C=O) groups excluding carboxylic acids is 1. The Kier molecular flexibility index (Phi) is 5.85. The number of aromatic hydroxyl groups is 1. The fraction of sp³-hybridized carbons (Fsp3) is 0.375. The topological polar surface area (TPSA) is 184 Å². The molecule has 2 aromatic heterocycles. The number of hydrogen-bond donors (Lipinski definition) is 3. The number of aliphatic hydroxyl groups is 2. The van der Waals surface area contributed by atoms with Gasteiger partial charge in [0.25, 0.3) is 0 Å². The summed E-state index contributed by atoms with van der Waals surface area (Å²) in [5.41, 5.74) is -2.32. The van der Waals surface area contributed by atoms with Crippen LogP contribution in [0.4, 0.5) is 0 Å². The summed E-state index contributed by atoms with van der Waals surface area (Å²) in [4.78, 5) is 37.6. The van der Waals surface area contributed by atoms with Gasteiger partial charge in [-0.05, 0) is 19.1 Å². The molecule has 0 amide bonds. The summed E-state index contributed by atoms with van der Waals surface area (Å²) in [6.07, 6.45) is -6.88. The van der Waals surface area contributed by atoms with Crippen LogP contribution in [-0.4, -0.2) is 66.2 Å². The van der Waals surface area contributed by atoms with E-state index >= 15 is 0 Å². The third-order valence-electron chi connectivity index (χ3n) is 6.26. The van der Waals surface area contributed by atoms with Gasteiger partial charge in [0.15, 0.2) is 28.8 Å². The number of esters is 1. The van der Waals surface area contributed by atoms with Crippen molar-refractivity contribution in [2.75, 3.05) is 14.2 Å². The van der Waals surface area contributed by atoms with Crippen LogP contribution in [0.25, 0.3) is 32.7 Å². The van der Waals surface area contributed by atoms with Gasteiger partial charge in [-0.2, -0.15) is 0 Å². The van der Waals surface area contributed by atoms with E-state index in [0.717, 1.165) is 6.92 Å². The van der Waals surface area contributed by atoms with Gasteiger partial charge >= 0.3 is 17.2 Å². The fourth-order valence-electron chi connectivity index (χ4n) is 4.50. The zero-order valence-corrected chi connectivity index (χ0v) is 20.0. The van der Waals surface area contributed by atoms with E-state index in [1.54, 1.807) is 0 Å². The van der Waals surface area contributed by atoms with E-state index in [2.05, 4.69) is 0 Å². The molecule has 0 bridgehead atoms. The first-order valence-electron chi connectivity index (χ1n) is 11.1. The minimum atomic E-state index is -1.58. The molecule has 1 aliphatic rings. The van der Waals surface area contributed by atoms with E-state index in [0.29, 0.717) is 0 Å². The number of benzene rings is 2. The lowest BCUT2D eigenvalue weighted by Crippen LogP contribution is -2.59. The third kappa shape index (κ3) is 3.70. The second-order valence-electron chi connectivity index (χ2n) is 8.50. The molecule has 0 radical (unpaired) electrons. The van der Waals surface area contributed by atoms with Crippen molar-refractivity contribution in [3.05, 3.63) is 33.0 Å². The van der Waals surface area contributed by atoms with Crippen LogP contribution in [0.3, 0.4) is 0 Å². The molecule has 2 aromatic carbocycles. The standard InChI is InChI=1S/C24H22O13/c1-7-15(26)17(28)21(34-8(2)25)24(33-7)37-18-12(32-4)6-10-14-13-9(23(30)36-20(14)18)5-11(31-3)16(27)19(13)35-22(10)29/h5-7,15,17,21,24,26-28H,1-4H3/t7-,15-,17+,21+,24-/m0/s1. The lowest BCUT2D eigenvalue weighted by Gasteiger charge is -2.40. The van der Waals surface area contributed by atoms with Gasteiger partial charge in [-0.25, -0.2) is 9.59 Å². The molecule has 3 N–H and O–H groups in total. The first kappa shape index (κ1) is 24.6.